The fourth-order valence-corrected chi connectivity index (χ4v) is 11.9. The predicted octanol–water partition coefficient (Wildman–Crippen LogP) is 5.23. The third-order valence-electron chi connectivity index (χ3n) is 4.43. The molecule has 0 aromatic carbocycles. The van der Waals surface area contributed by atoms with Crippen LogP contribution in [0.2, 0.25) is 38.3 Å². The highest BCUT2D eigenvalue weighted by molar-refractivity contribution is 6.84. The van der Waals surface area contributed by atoms with Crippen molar-refractivity contribution in [3.05, 3.63) is 24.3 Å². The third kappa shape index (κ3) is 13.9. The molecule has 1 atom stereocenters. The van der Waals surface area contributed by atoms with Gasteiger partial charge in [0.25, 0.3) is 0 Å². The van der Waals surface area contributed by atoms with E-state index in [2.05, 4.69) is 46.3 Å². The Morgan fingerprint density at radius 3 is 1.90 bits per heavy atom. The van der Waals surface area contributed by atoms with E-state index in [1.54, 1.807) is 13.8 Å². The summed E-state index contributed by atoms with van der Waals surface area (Å²) in [6, 6.07) is 2.21. The van der Waals surface area contributed by atoms with E-state index in [-0.39, 0.29) is 18.8 Å². The summed E-state index contributed by atoms with van der Waals surface area (Å²) in [6.45, 7) is 22.2. The summed E-state index contributed by atoms with van der Waals surface area (Å²) < 4.78 is 22.7. The summed E-state index contributed by atoms with van der Waals surface area (Å²) in [4.78, 5) is 23.4. The summed E-state index contributed by atoms with van der Waals surface area (Å²) in [5.41, 5.74) is 0.574. The maximum Gasteiger partial charge on any atom is 0.333 e. The van der Waals surface area contributed by atoms with Crippen LogP contribution in [0.5, 0.6) is 0 Å². The molecule has 0 fully saturated rings. The van der Waals surface area contributed by atoms with E-state index in [1.807, 2.05) is 0 Å². The number of rotatable bonds is 16. The zero-order valence-corrected chi connectivity index (χ0v) is 22.1. The van der Waals surface area contributed by atoms with Crippen molar-refractivity contribution in [2.24, 2.45) is 0 Å². The molecule has 0 aromatic rings. The molecule has 0 rings (SSSR count). The Hall–Kier alpha value is -1.23. The minimum absolute atomic E-state index is 0.0781. The van der Waals surface area contributed by atoms with E-state index in [4.69, 9.17) is 18.3 Å². The summed E-state index contributed by atoms with van der Waals surface area (Å²) in [5, 5.41) is 0. The zero-order valence-electron chi connectivity index (χ0n) is 20.1. The molecule has 30 heavy (non-hydrogen) atoms. The summed E-state index contributed by atoms with van der Waals surface area (Å²) in [5.74, 6) is -1.05. The van der Waals surface area contributed by atoms with E-state index >= 15 is 0 Å². The number of ether oxygens (including phenoxy) is 3. The zero-order chi connectivity index (χ0) is 23.4. The van der Waals surface area contributed by atoms with Crippen LogP contribution >= 0.6 is 0 Å². The van der Waals surface area contributed by atoms with Gasteiger partial charge < -0.3 is 18.3 Å². The predicted molar refractivity (Wildman–Crippen MR) is 126 cm³/mol. The second kappa shape index (κ2) is 14.0. The largest absolute Gasteiger partial charge is 0.458 e. The second-order valence-corrected chi connectivity index (χ2v) is 17.9. The Bertz CT molecular complexity index is 586. The van der Waals surface area contributed by atoms with Crippen LogP contribution in [0, 0.1) is 0 Å². The Labute approximate surface area is 185 Å². The van der Waals surface area contributed by atoms with Crippen molar-refractivity contribution >= 4 is 28.6 Å². The molecule has 0 spiro atoms. The van der Waals surface area contributed by atoms with Crippen LogP contribution < -0.4 is 0 Å². The SMILES string of the molecule is C=C(C)C(=O)OCC(COCCC[Si](C)(C)O[Si](C)(C)CCCC)OC(=O)C(=C)C. The molecule has 0 heterocycles. The topological polar surface area (TPSA) is 71.1 Å². The van der Waals surface area contributed by atoms with Crippen molar-refractivity contribution in [3.63, 3.8) is 0 Å². The number of esters is 2. The van der Waals surface area contributed by atoms with Crippen molar-refractivity contribution in [3.8, 4) is 0 Å². The molecule has 0 amide bonds. The molecule has 0 N–H and O–H groups in total. The van der Waals surface area contributed by atoms with Crippen LogP contribution in [0.15, 0.2) is 24.3 Å². The Kier molecular flexibility index (Phi) is 13.4. The minimum atomic E-state index is -1.74. The number of hydrogen-bond acceptors (Lipinski definition) is 6. The van der Waals surface area contributed by atoms with Gasteiger partial charge in [0.15, 0.2) is 22.7 Å². The van der Waals surface area contributed by atoms with Crippen LogP contribution in [0.1, 0.15) is 40.0 Å². The molecular weight excluding hydrogens is 416 g/mol. The number of hydrogen-bond donors (Lipinski definition) is 0. The van der Waals surface area contributed by atoms with Gasteiger partial charge in [0.2, 0.25) is 0 Å². The lowest BCUT2D eigenvalue weighted by molar-refractivity contribution is -0.157. The Morgan fingerprint density at radius 1 is 0.867 bits per heavy atom. The van der Waals surface area contributed by atoms with Gasteiger partial charge in [-0.3, -0.25) is 0 Å². The highest BCUT2D eigenvalue weighted by atomic mass is 28.4. The fraction of sp³-hybridized carbons (Fsp3) is 0.727. The van der Waals surface area contributed by atoms with Gasteiger partial charge in [-0.2, -0.15) is 0 Å². The smallest absolute Gasteiger partial charge is 0.333 e. The quantitative estimate of drug-likeness (QED) is 0.137. The first-order chi connectivity index (χ1) is 13.8. The highest BCUT2D eigenvalue weighted by Crippen LogP contribution is 2.24. The summed E-state index contributed by atoms with van der Waals surface area (Å²) in [6.07, 6.45) is 2.63. The molecule has 0 aliphatic carbocycles. The lowest BCUT2D eigenvalue weighted by atomic mass is 10.3. The number of unbranched alkanes of at least 4 members (excludes halogenated alkanes) is 1. The Balaban J connectivity index is 4.47. The molecule has 8 heteroatoms. The van der Waals surface area contributed by atoms with E-state index in [9.17, 15) is 9.59 Å². The standard InChI is InChI=1S/C22H42O6Si2/c1-10-11-14-29(6,7)28-30(8,9)15-12-13-25-16-20(27-22(24)19(4)5)17-26-21(23)18(2)3/h20H,2,4,10-17H2,1,3,5-9H3. The maximum absolute atomic E-state index is 11.8. The van der Waals surface area contributed by atoms with Crippen molar-refractivity contribution < 1.29 is 27.9 Å². The van der Waals surface area contributed by atoms with Crippen molar-refractivity contribution in [2.75, 3.05) is 19.8 Å². The van der Waals surface area contributed by atoms with Gasteiger partial charge in [-0.1, -0.05) is 32.9 Å². The first-order valence-corrected chi connectivity index (χ1v) is 17.0. The molecule has 0 radical (unpaired) electrons. The average Bonchev–Trinajstić information content (AvgIpc) is 2.62. The number of carbonyl (C=O) groups is 2. The molecule has 174 valence electrons. The molecule has 0 aliphatic rings. The van der Waals surface area contributed by atoms with Gasteiger partial charge in [0.1, 0.15) is 6.61 Å². The van der Waals surface area contributed by atoms with E-state index in [0.29, 0.717) is 12.2 Å². The molecular formula is C22H42O6Si2. The maximum atomic E-state index is 11.8. The van der Waals surface area contributed by atoms with Crippen LogP contribution in [-0.2, 0) is 27.9 Å². The second-order valence-electron chi connectivity index (χ2n) is 9.09. The van der Waals surface area contributed by atoms with Crippen LogP contribution in [0.3, 0.4) is 0 Å². The molecule has 0 aromatic heterocycles. The lowest BCUT2D eigenvalue weighted by Crippen LogP contribution is -2.44. The molecule has 6 nitrogen and oxygen atoms in total. The lowest BCUT2D eigenvalue weighted by Gasteiger charge is -2.34. The molecule has 0 bridgehead atoms. The van der Waals surface area contributed by atoms with Crippen molar-refractivity contribution in [1.82, 2.24) is 0 Å². The van der Waals surface area contributed by atoms with Gasteiger partial charge >= 0.3 is 11.9 Å². The fourth-order valence-electron chi connectivity index (χ4n) is 2.93. The van der Waals surface area contributed by atoms with Gasteiger partial charge in [0, 0.05) is 17.8 Å². The Morgan fingerprint density at radius 2 is 1.40 bits per heavy atom. The number of carbonyl (C=O) groups excluding carboxylic acids is 2. The van der Waals surface area contributed by atoms with Gasteiger partial charge in [-0.25, -0.2) is 9.59 Å². The van der Waals surface area contributed by atoms with Gasteiger partial charge in [-0.15, -0.1) is 0 Å². The summed E-state index contributed by atoms with van der Waals surface area (Å²) >= 11 is 0. The van der Waals surface area contributed by atoms with E-state index in [0.717, 1.165) is 12.5 Å². The van der Waals surface area contributed by atoms with Gasteiger partial charge in [-0.05, 0) is 58.5 Å². The first-order valence-electron chi connectivity index (χ1n) is 10.8. The van der Waals surface area contributed by atoms with Crippen molar-refractivity contribution in [1.29, 1.82) is 0 Å². The summed E-state index contributed by atoms with van der Waals surface area (Å²) in [7, 11) is -3.35. The highest BCUT2D eigenvalue weighted by Gasteiger charge is 2.32. The average molecular weight is 459 g/mol. The third-order valence-corrected chi connectivity index (χ3v) is 12.0. The first kappa shape index (κ1) is 28.8. The molecule has 0 saturated carbocycles. The normalized spacial score (nSPS) is 12.9. The van der Waals surface area contributed by atoms with Crippen LogP contribution in [0.4, 0.5) is 0 Å². The molecule has 1 unspecified atom stereocenters. The van der Waals surface area contributed by atoms with E-state index in [1.165, 1.54) is 18.9 Å². The molecule has 0 saturated heterocycles. The van der Waals surface area contributed by atoms with Crippen LogP contribution in [0.25, 0.3) is 0 Å². The molecule has 0 aliphatic heterocycles. The monoisotopic (exact) mass is 458 g/mol. The van der Waals surface area contributed by atoms with Crippen LogP contribution in [-0.4, -0.2) is 54.5 Å². The van der Waals surface area contributed by atoms with E-state index < -0.39 is 34.7 Å². The van der Waals surface area contributed by atoms with Gasteiger partial charge in [0.05, 0.1) is 6.61 Å². The van der Waals surface area contributed by atoms with Crippen molar-refractivity contribution in [2.45, 2.75) is 84.4 Å². The minimum Gasteiger partial charge on any atom is -0.458 e.